The molecule has 0 radical (unpaired) electrons. The third kappa shape index (κ3) is 1.88. The summed E-state index contributed by atoms with van der Waals surface area (Å²) in [5.41, 5.74) is 0. The molecule has 0 saturated carbocycles. The summed E-state index contributed by atoms with van der Waals surface area (Å²) >= 11 is 0. The number of likely N-dealkylation sites (tertiary alicyclic amines) is 1. The van der Waals surface area contributed by atoms with Crippen LogP contribution in [0.15, 0.2) is 16.1 Å². The fourth-order valence-electron chi connectivity index (χ4n) is 1.85. The minimum atomic E-state index is -3.84. The van der Waals surface area contributed by atoms with E-state index in [1.807, 2.05) is 4.90 Å². The second-order valence-corrected chi connectivity index (χ2v) is 5.74. The standard InChI is InChI=1S/C9H12N2O4S/c12-9(13)8-10-5-7(16(8,14)15)6-11-3-1-2-4-11/h5H,1-4,6H2,(H,12,13). The number of hydrogen-bond acceptors (Lipinski definition) is 5. The van der Waals surface area contributed by atoms with Crippen molar-refractivity contribution in [1.82, 2.24) is 4.90 Å². The molecule has 16 heavy (non-hydrogen) atoms. The highest BCUT2D eigenvalue weighted by molar-refractivity contribution is 8.11. The number of nitrogens with zero attached hydrogens (tertiary/aromatic N) is 2. The largest absolute Gasteiger partial charge is 0.476 e. The third-order valence-electron chi connectivity index (χ3n) is 2.69. The molecule has 6 nitrogen and oxygen atoms in total. The predicted octanol–water partition coefficient (Wildman–Crippen LogP) is -0.165. The summed E-state index contributed by atoms with van der Waals surface area (Å²) in [6, 6.07) is 0. The lowest BCUT2D eigenvalue weighted by atomic mass is 10.4. The number of aliphatic imine (C=N–C) groups is 1. The lowest BCUT2D eigenvalue weighted by Gasteiger charge is -2.14. The molecule has 2 heterocycles. The Balaban J connectivity index is 2.13. The number of aliphatic carboxylic acids is 1. The number of carboxylic acid groups (broad SMARTS) is 1. The van der Waals surface area contributed by atoms with E-state index in [1.54, 1.807) is 0 Å². The summed E-state index contributed by atoms with van der Waals surface area (Å²) in [5.74, 6) is -1.49. The number of carboxylic acids is 1. The molecule has 1 N–H and O–H groups in total. The van der Waals surface area contributed by atoms with Crippen LogP contribution in [-0.4, -0.2) is 49.1 Å². The van der Waals surface area contributed by atoms with Crippen LogP contribution in [0.3, 0.4) is 0 Å². The van der Waals surface area contributed by atoms with Crippen molar-refractivity contribution in [1.29, 1.82) is 0 Å². The SMILES string of the molecule is O=C(O)C1=NC=C(CN2CCCC2)S1(=O)=O. The number of carbonyl (C=O) groups is 1. The first-order chi connectivity index (χ1) is 7.51. The maximum absolute atomic E-state index is 11.7. The summed E-state index contributed by atoms with van der Waals surface area (Å²) in [6.07, 6.45) is 3.26. The highest BCUT2D eigenvalue weighted by Crippen LogP contribution is 2.20. The zero-order valence-corrected chi connectivity index (χ0v) is 9.40. The van der Waals surface area contributed by atoms with Gasteiger partial charge in [0.1, 0.15) is 0 Å². The summed E-state index contributed by atoms with van der Waals surface area (Å²) in [7, 11) is -3.84. The first kappa shape index (κ1) is 11.3. The van der Waals surface area contributed by atoms with Crippen molar-refractivity contribution in [3.05, 3.63) is 11.1 Å². The van der Waals surface area contributed by atoms with Crippen LogP contribution in [0.4, 0.5) is 0 Å². The molecule has 2 aliphatic heterocycles. The summed E-state index contributed by atoms with van der Waals surface area (Å²) in [4.78, 5) is 16.2. The van der Waals surface area contributed by atoms with Gasteiger partial charge < -0.3 is 5.11 Å². The van der Waals surface area contributed by atoms with Crippen molar-refractivity contribution in [3.8, 4) is 0 Å². The van der Waals surface area contributed by atoms with E-state index < -0.39 is 20.9 Å². The second kappa shape index (κ2) is 3.99. The first-order valence-electron chi connectivity index (χ1n) is 4.99. The monoisotopic (exact) mass is 244 g/mol. The molecule has 0 unspecified atom stereocenters. The smallest absolute Gasteiger partial charge is 0.366 e. The van der Waals surface area contributed by atoms with Crippen molar-refractivity contribution in [2.45, 2.75) is 12.8 Å². The molecule has 2 aliphatic rings. The van der Waals surface area contributed by atoms with Crippen molar-refractivity contribution < 1.29 is 18.3 Å². The molecule has 0 aromatic heterocycles. The lowest BCUT2D eigenvalue weighted by molar-refractivity contribution is -0.129. The normalized spacial score (nSPS) is 24.2. The average Bonchev–Trinajstić information content (AvgIpc) is 2.76. The molecule has 88 valence electrons. The highest BCUT2D eigenvalue weighted by atomic mass is 32.2. The van der Waals surface area contributed by atoms with Crippen molar-refractivity contribution in [3.63, 3.8) is 0 Å². The highest BCUT2D eigenvalue weighted by Gasteiger charge is 2.35. The molecule has 0 amide bonds. The minimum Gasteiger partial charge on any atom is -0.476 e. The fourth-order valence-corrected chi connectivity index (χ4v) is 3.06. The van der Waals surface area contributed by atoms with Crippen LogP contribution in [0.5, 0.6) is 0 Å². The topological polar surface area (TPSA) is 87.0 Å². The predicted molar refractivity (Wildman–Crippen MR) is 57.7 cm³/mol. The van der Waals surface area contributed by atoms with E-state index in [0.29, 0.717) is 0 Å². The van der Waals surface area contributed by atoms with Gasteiger partial charge in [0, 0.05) is 12.7 Å². The maximum Gasteiger partial charge on any atom is 0.366 e. The molecular formula is C9H12N2O4S. The van der Waals surface area contributed by atoms with Gasteiger partial charge in [0.15, 0.2) is 0 Å². The summed E-state index contributed by atoms with van der Waals surface area (Å²) < 4.78 is 23.4. The van der Waals surface area contributed by atoms with Crippen LogP contribution in [0.2, 0.25) is 0 Å². The molecule has 0 spiro atoms. The fraction of sp³-hybridized carbons (Fsp3) is 0.556. The molecule has 0 aromatic rings. The Hall–Kier alpha value is -1.21. The van der Waals surface area contributed by atoms with Gasteiger partial charge in [-0.25, -0.2) is 18.2 Å². The molecule has 1 fully saturated rings. The minimum absolute atomic E-state index is 0.0896. The van der Waals surface area contributed by atoms with Gasteiger partial charge in [0.05, 0.1) is 4.91 Å². The summed E-state index contributed by atoms with van der Waals surface area (Å²) in [5, 5.41) is 7.91. The van der Waals surface area contributed by atoms with E-state index in [4.69, 9.17) is 5.11 Å². The van der Waals surface area contributed by atoms with Crippen molar-refractivity contribution in [2.75, 3.05) is 19.6 Å². The number of rotatable bonds is 3. The van der Waals surface area contributed by atoms with Crippen LogP contribution in [0, 0.1) is 0 Å². The van der Waals surface area contributed by atoms with Crippen molar-refractivity contribution in [2.24, 2.45) is 4.99 Å². The molecule has 0 atom stereocenters. The van der Waals surface area contributed by atoms with E-state index in [2.05, 4.69) is 4.99 Å². The Kier molecular flexibility index (Phi) is 2.81. The van der Waals surface area contributed by atoms with Crippen molar-refractivity contribution >= 4 is 20.9 Å². The van der Waals surface area contributed by atoms with E-state index in [-0.39, 0.29) is 11.4 Å². The van der Waals surface area contributed by atoms with Crippen LogP contribution < -0.4 is 0 Å². The molecule has 0 bridgehead atoms. The zero-order chi connectivity index (χ0) is 11.8. The first-order valence-corrected chi connectivity index (χ1v) is 6.48. The molecule has 1 saturated heterocycles. The van der Waals surface area contributed by atoms with E-state index in [1.165, 1.54) is 0 Å². The summed E-state index contributed by atoms with van der Waals surface area (Å²) in [6.45, 7) is 1.98. The van der Waals surface area contributed by atoms with Gasteiger partial charge in [-0.15, -0.1) is 0 Å². The Labute approximate surface area is 93.2 Å². The number of hydrogen-bond donors (Lipinski definition) is 1. The Morgan fingerprint density at radius 3 is 2.56 bits per heavy atom. The number of sulfone groups is 1. The average molecular weight is 244 g/mol. The molecule has 0 aromatic carbocycles. The van der Waals surface area contributed by atoms with Gasteiger partial charge in [-0.2, -0.15) is 0 Å². The second-order valence-electron chi connectivity index (χ2n) is 3.82. The van der Waals surface area contributed by atoms with Crippen LogP contribution in [-0.2, 0) is 14.6 Å². The quantitative estimate of drug-likeness (QED) is 0.745. The van der Waals surface area contributed by atoms with Crippen LogP contribution in [0.25, 0.3) is 0 Å². The molecule has 0 aliphatic carbocycles. The Bertz CT molecular complexity index is 472. The Morgan fingerprint density at radius 1 is 1.44 bits per heavy atom. The van der Waals surface area contributed by atoms with Gasteiger partial charge >= 0.3 is 5.97 Å². The Morgan fingerprint density at radius 2 is 2.06 bits per heavy atom. The van der Waals surface area contributed by atoms with Crippen LogP contribution >= 0.6 is 0 Å². The van der Waals surface area contributed by atoms with Gasteiger partial charge in [-0.05, 0) is 25.9 Å². The zero-order valence-electron chi connectivity index (χ0n) is 8.59. The van der Waals surface area contributed by atoms with E-state index >= 15 is 0 Å². The van der Waals surface area contributed by atoms with Gasteiger partial charge in [0.2, 0.25) is 14.9 Å². The van der Waals surface area contributed by atoms with Crippen LogP contribution in [0.1, 0.15) is 12.8 Å². The maximum atomic E-state index is 11.7. The van der Waals surface area contributed by atoms with E-state index in [0.717, 1.165) is 32.1 Å². The third-order valence-corrected chi connectivity index (χ3v) is 4.40. The van der Waals surface area contributed by atoms with Gasteiger partial charge in [-0.3, -0.25) is 4.90 Å². The van der Waals surface area contributed by atoms with Gasteiger partial charge in [-0.1, -0.05) is 0 Å². The molecule has 2 rings (SSSR count). The lowest BCUT2D eigenvalue weighted by Crippen LogP contribution is -2.28. The van der Waals surface area contributed by atoms with E-state index in [9.17, 15) is 13.2 Å². The van der Waals surface area contributed by atoms with Gasteiger partial charge in [0.25, 0.3) is 0 Å². The molecule has 7 heteroatoms. The molecular weight excluding hydrogens is 232 g/mol.